The van der Waals surface area contributed by atoms with E-state index < -0.39 is 28.9 Å². The van der Waals surface area contributed by atoms with Gasteiger partial charge in [0.15, 0.2) is 0 Å². The maximum atomic E-state index is 13.0. The second-order valence-electron chi connectivity index (χ2n) is 6.91. The summed E-state index contributed by atoms with van der Waals surface area (Å²) in [5, 5.41) is 0.332. The maximum absolute atomic E-state index is 13.0. The lowest BCUT2D eigenvalue weighted by Gasteiger charge is -2.22. The number of rotatable bonds is 3. The van der Waals surface area contributed by atoms with E-state index in [4.69, 9.17) is 9.15 Å². The molecule has 8 nitrogen and oxygen atoms in total. The summed E-state index contributed by atoms with van der Waals surface area (Å²) in [6, 6.07) is -1.06. The largest absolute Gasteiger partial charge is 0.458 e. The molecule has 0 radical (unpaired) electrons. The summed E-state index contributed by atoms with van der Waals surface area (Å²) in [7, 11) is 0. The minimum atomic E-state index is -1.06. The van der Waals surface area contributed by atoms with Crippen LogP contribution in [0, 0.1) is 6.92 Å². The first-order valence-electron chi connectivity index (χ1n) is 8.01. The number of hydrogen-bond donors (Lipinski definition) is 1. The van der Waals surface area contributed by atoms with Crippen LogP contribution in [0.4, 0.5) is 0 Å². The van der Waals surface area contributed by atoms with Crippen molar-refractivity contribution in [3.63, 3.8) is 0 Å². The van der Waals surface area contributed by atoms with Crippen LogP contribution in [0.3, 0.4) is 0 Å². The van der Waals surface area contributed by atoms with Crippen molar-refractivity contribution in [2.45, 2.75) is 46.3 Å². The van der Waals surface area contributed by atoms with E-state index in [-0.39, 0.29) is 0 Å². The molecule has 0 saturated heterocycles. The van der Waals surface area contributed by atoms with Crippen LogP contribution < -0.4 is 11.2 Å². The summed E-state index contributed by atoms with van der Waals surface area (Å²) in [6.45, 7) is 8.38. The van der Waals surface area contributed by atoms with Gasteiger partial charge < -0.3 is 9.15 Å². The molecule has 0 bridgehead atoms. The van der Waals surface area contributed by atoms with Gasteiger partial charge in [-0.1, -0.05) is 0 Å². The Bertz CT molecular complexity index is 1080. The molecule has 26 heavy (non-hydrogen) atoms. The van der Waals surface area contributed by atoms with Crippen molar-refractivity contribution in [2.24, 2.45) is 0 Å². The minimum Gasteiger partial charge on any atom is -0.458 e. The Labute approximate surface area is 152 Å². The first-order chi connectivity index (χ1) is 12.1. The maximum Gasteiger partial charge on any atom is 0.330 e. The van der Waals surface area contributed by atoms with E-state index in [1.54, 1.807) is 27.7 Å². The van der Waals surface area contributed by atoms with Crippen molar-refractivity contribution >= 4 is 27.5 Å². The number of aromatic amines is 1. The highest BCUT2D eigenvalue weighted by Gasteiger charge is 2.27. The number of H-pyrrole nitrogens is 1. The van der Waals surface area contributed by atoms with Gasteiger partial charge in [-0.3, -0.25) is 9.78 Å². The van der Waals surface area contributed by atoms with Crippen LogP contribution in [-0.4, -0.2) is 26.1 Å². The van der Waals surface area contributed by atoms with Crippen LogP contribution in [0.5, 0.6) is 0 Å². The normalized spacial score (nSPS) is 13.1. The van der Waals surface area contributed by atoms with Crippen molar-refractivity contribution in [2.75, 3.05) is 0 Å². The lowest BCUT2D eigenvalue weighted by atomic mass is 10.2. The van der Waals surface area contributed by atoms with Crippen molar-refractivity contribution in [1.82, 2.24) is 14.5 Å². The van der Waals surface area contributed by atoms with Crippen LogP contribution in [0.25, 0.3) is 21.0 Å². The number of carbonyl (C=O) groups is 1. The van der Waals surface area contributed by atoms with E-state index in [0.717, 1.165) is 4.57 Å². The summed E-state index contributed by atoms with van der Waals surface area (Å²) in [5.41, 5.74) is -1.30. The van der Waals surface area contributed by atoms with E-state index in [1.807, 2.05) is 0 Å². The topological polar surface area (TPSA) is 107 Å². The molecule has 0 aliphatic rings. The predicted octanol–water partition coefficient (Wildman–Crippen LogP) is 2.62. The molecule has 0 aliphatic carbocycles. The zero-order valence-corrected chi connectivity index (χ0v) is 15.9. The molecule has 0 unspecified atom stereocenters. The molecule has 0 saturated carbocycles. The number of thiophene rings is 1. The summed E-state index contributed by atoms with van der Waals surface area (Å²) < 4.78 is 11.5. The first kappa shape index (κ1) is 18.1. The molecule has 1 atom stereocenters. The Kier molecular flexibility index (Phi) is 4.35. The first-order valence-corrected chi connectivity index (χ1v) is 8.82. The van der Waals surface area contributed by atoms with Gasteiger partial charge in [-0.05, 0) is 40.2 Å². The lowest BCUT2D eigenvalue weighted by molar-refractivity contribution is -0.158. The highest BCUT2D eigenvalue weighted by atomic mass is 32.1. The number of carbonyl (C=O) groups excluding carboxylic acids is 1. The Balaban J connectivity index is 2.16. The van der Waals surface area contributed by atoms with E-state index in [9.17, 15) is 14.4 Å². The van der Waals surface area contributed by atoms with Gasteiger partial charge >= 0.3 is 11.7 Å². The van der Waals surface area contributed by atoms with Gasteiger partial charge in [-0.2, -0.15) is 0 Å². The van der Waals surface area contributed by atoms with E-state index in [0.29, 0.717) is 26.5 Å². The Morgan fingerprint density at radius 3 is 2.65 bits per heavy atom. The van der Waals surface area contributed by atoms with Gasteiger partial charge in [-0.25, -0.2) is 19.1 Å². The molecule has 0 spiro atoms. The second kappa shape index (κ2) is 6.24. The zero-order chi connectivity index (χ0) is 19.2. The molecule has 3 heterocycles. The third kappa shape index (κ3) is 3.10. The van der Waals surface area contributed by atoms with Crippen molar-refractivity contribution in [3.05, 3.63) is 38.9 Å². The second-order valence-corrected chi connectivity index (χ2v) is 7.93. The number of esters is 1. The van der Waals surface area contributed by atoms with Gasteiger partial charge in [0.05, 0.1) is 16.5 Å². The van der Waals surface area contributed by atoms with Crippen LogP contribution in [0.15, 0.2) is 26.5 Å². The molecule has 9 heteroatoms. The lowest BCUT2D eigenvalue weighted by Crippen LogP contribution is -2.41. The van der Waals surface area contributed by atoms with Crippen LogP contribution in [0.1, 0.15) is 39.3 Å². The summed E-state index contributed by atoms with van der Waals surface area (Å²) >= 11 is 1.21. The summed E-state index contributed by atoms with van der Waals surface area (Å²) in [5.74, 6) is -0.277. The fourth-order valence-corrected chi connectivity index (χ4v) is 3.74. The molecule has 0 amide bonds. The standard InChI is InChI=1S/C17H19N3O5S/c1-8-10-13(26-11(8)12-18-6-7-24-12)19-16(23)20(14(10)21)9(2)15(22)25-17(3,4)5/h6-7,9H,1-5H3,(H,19,23)/t9-/m0/s1. The molecule has 3 rings (SSSR count). The molecular weight excluding hydrogens is 358 g/mol. The van der Waals surface area contributed by atoms with Gasteiger partial charge in [0.25, 0.3) is 5.56 Å². The fourth-order valence-electron chi connectivity index (χ4n) is 2.61. The predicted molar refractivity (Wildman–Crippen MR) is 97.5 cm³/mol. The van der Waals surface area contributed by atoms with Crippen LogP contribution >= 0.6 is 11.3 Å². The minimum absolute atomic E-state index is 0.332. The highest BCUT2D eigenvalue weighted by Crippen LogP contribution is 2.34. The highest BCUT2D eigenvalue weighted by molar-refractivity contribution is 7.22. The number of nitrogens with zero attached hydrogens (tertiary/aromatic N) is 2. The third-order valence-corrected chi connectivity index (χ3v) is 4.98. The molecule has 3 aromatic rings. The van der Waals surface area contributed by atoms with E-state index >= 15 is 0 Å². The summed E-state index contributed by atoms with van der Waals surface area (Å²) in [4.78, 5) is 45.5. The number of nitrogens with one attached hydrogen (secondary N) is 1. The van der Waals surface area contributed by atoms with Crippen molar-refractivity contribution in [1.29, 1.82) is 0 Å². The van der Waals surface area contributed by atoms with Crippen LogP contribution in [0.2, 0.25) is 0 Å². The zero-order valence-electron chi connectivity index (χ0n) is 15.1. The molecule has 1 N–H and O–H groups in total. The van der Waals surface area contributed by atoms with Gasteiger partial charge in [0, 0.05) is 0 Å². The number of oxazole rings is 1. The van der Waals surface area contributed by atoms with Crippen molar-refractivity contribution < 1.29 is 13.9 Å². The molecular formula is C17H19N3O5S. The van der Waals surface area contributed by atoms with Gasteiger partial charge in [0.1, 0.15) is 22.7 Å². The molecule has 0 fully saturated rings. The SMILES string of the molecule is Cc1c(-c2ncco2)sc2[nH]c(=O)n([C@@H](C)C(=O)OC(C)(C)C)c(=O)c12. The van der Waals surface area contributed by atoms with E-state index in [2.05, 4.69) is 9.97 Å². The fraction of sp³-hybridized carbons (Fsp3) is 0.412. The average Bonchev–Trinajstić information content (AvgIpc) is 3.13. The van der Waals surface area contributed by atoms with Gasteiger partial charge in [0.2, 0.25) is 5.89 Å². The molecule has 0 aliphatic heterocycles. The molecule has 3 aromatic heterocycles. The Morgan fingerprint density at radius 2 is 2.08 bits per heavy atom. The number of aromatic nitrogens is 3. The van der Waals surface area contributed by atoms with Crippen LogP contribution in [-0.2, 0) is 9.53 Å². The number of fused-ring (bicyclic) bond motifs is 1. The Hall–Kier alpha value is -2.68. The van der Waals surface area contributed by atoms with E-state index in [1.165, 1.54) is 30.7 Å². The Morgan fingerprint density at radius 1 is 1.38 bits per heavy atom. The molecule has 138 valence electrons. The van der Waals surface area contributed by atoms with Gasteiger partial charge in [-0.15, -0.1) is 11.3 Å². The monoisotopic (exact) mass is 377 g/mol. The number of ether oxygens (including phenoxy) is 1. The molecule has 0 aromatic carbocycles. The quantitative estimate of drug-likeness (QED) is 0.703. The smallest absolute Gasteiger partial charge is 0.330 e. The average molecular weight is 377 g/mol. The summed E-state index contributed by atoms with van der Waals surface area (Å²) in [6.07, 6.45) is 2.94. The van der Waals surface area contributed by atoms with Crippen molar-refractivity contribution in [3.8, 4) is 10.8 Å². The third-order valence-electron chi connectivity index (χ3n) is 3.78. The number of hydrogen-bond acceptors (Lipinski definition) is 7. The number of aryl methyl sites for hydroxylation is 1.